The molecule has 0 radical (unpaired) electrons. The van der Waals surface area contributed by atoms with Crippen LogP contribution in [0.15, 0.2) is 39.1 Å². The van der Waals surface area contributed by atoms with Gasteiger partial charge in [-0.3, -0.25) is 4.99 Å². The van der Waals surface area contributed by atoms with Gasteiger partial charge in [-0.15, -0.1) is 11.3 Å². The molecule has 1 heterocycles. The number of halogens is 1. The highest BCUT2D eigenvalue weighted by Gasteiger charge is 2.09. The number of benzene rings is 1. The fourth-order valence-electron chi connectivity index (χ4n) is 1.44. The van der Waals surface area contributed by atoms with Crippen molar-refractivity contribution >= 4 is 45.1 Å². The van der Waals surface area contributed by atoms with E-state index in [0.29, 0.717) is 5.69 Å². The van der Waals surface area contributed by atoms with Crippen LogP contribution in [0.5, 0.6) is 0 Å². The molecule has 18 heavy (non-hydrogen) atoms. The van der Waals surface area contributed by atoms with E-state index >= 15 is 0 Å². The Kier molecular flexibility index (Phi) is 3.93. The Morgan fingerprint density at radius 2 is 2.22 bits per heavy atom. The van der Waals surface area contributed by atoms with Crippen LogP contribution >= 0.6 is 27.3 Å². The second kappa shape index (κ2) is 5.46. The highest BCUT2D eigenvalue weighted by atomic mass is 79.9. The first-order chi connectivity index (χ1) is 8.58. The molecule has 1 aromatic heterocycles. The number of aryl methyl sites for hydroxylation is 1. The Balaban J connectivity index is 2.37. The molecule has 2 rings (SSSR count). The molecule has 1 aromatic carbocycles. The largest absolute Gasteiger partial charge is 0.478 e. The predicted molar refractivity (Wildman–Crippen MR) is 77.4 cm³/mol. The molecule has 0 aliphatic heterocycles. The first-order valence-electron chi connectivity index (χ1n) is 5.19. The minimum Gasteiger partial charge on any atom is -0.478 e. The predicted octanol–water partition coefficient (Wildman–Crippen LogP) is 4.27. The molecule has 2 aromatic rings. The van der Waals surface area contributed by atoms with Gasteiger partial charge in [-0.1, -0.05) is 15.9 Å². The molecular weight excluding hydrogens is 314 g/mol. The van der Waals surface area contributed by atoms with Gasteiger partial charge in [-0.05, 0) is 42.1 Å². The van der Waals surface area contributed by atoms with Gasteiger partial charge in [0.2, 0.25) is 0 Å². The van der Waals surface area contributed by atoms with Crippen LogP contribution in [0.4, 0.5) is 5.69 Å². The molecule has 0 aliphatic carbocycles. The molecule has 5 heteroatoms. The van der Waals surface area contributed by atoms with E-state index in [9.17, 15) is 4.79 Å². The molecule has 0 fully saturated rings. The zero-order valence-corrected chi connectivity index (χ0v) is 12.0. The Labute approximate surface area is 117 Å². The van der Waals surface area contributed by atoms with E-state index in [1.807, 2.05) is 18.4 Å². The maximum Gasteiger partial charge on any atom is 0.337 e. The summed E-state index contributed by atoms with van der Waals surface area (Å²) in [5.74, 6) is -0.980. The third-order valence-corrected chi connectivity index (χ3v) is 3.86. The zero-order valence-electron chi connectivity index (χ0n) is 9.55. The van der Waals surface area contributed by atoms with Gasteiger partial charge in [0, 0.05) is 15.6 Å². The number of hydrogen-bond donors (Lipinski definition) is 1. The summed E-state index contributed by atoms with van der Waals surface area (Å²) in [5, 5.41) is 11.1. The fraction of sp³-hybridized carbons (Fsp3) is 0.0769. The summed E-state index contributed by atoms with van der Waals surface area (Å²) in [6.45, 7) is 2.00. The third kappa shape index (κ3) is 2.86. The first-order valence-corrected chi connectivity index (χ1v) is 6.86. The van der Waals surface area contributed by atoms with Crippen molar-refractivity contribution in [2.24, 2.45) is 4.99 Å². The van der Waals surface area contributed by atoms with Crippen LogP contribution in [0.25, 0.3) is 0 Å². The molecule has 0 saturated carbocycles. The number of aliphatic imine (C=N–C) groups is 1. The minimum atomic E-state index is -0.980. The summed E-state index contributed by atoms with van der Waals surface area (Å²) < 4.78 is 0.728. The smallest absolute Gasteiger partial charge is 0.337 e. The first kappa shape index (κ1) is 13.0. The van der Waals surface area contributed by atoms with Gasteiger partial charge in [-0.25, -0.2) is 4.79 Å². The molecule has 0 atom stereocenters. The number of rotatable bonds is 3. The van der Waals surface area contributed by atoms with Gasteiger partial charge in [0.25, 0.3) is 0 Å². The van der Waals surface area contributed by atoms with Gasteiger partial charge < -0.3 is 5.11 Å². The summed E-state index contributed by atoms with van der Waals surface area (Å²) in [7, 11) is 0. The maximum atomic E-state index is 11.1. The zero-order chi connectivity index (χ0) is 13.1. The van der Waals surface area contributed by atoms with Crippen molar-refractivity contribution in [3.8, 4) is 0 Å². The molecular formula is C13H10BrNO2S. The quantitative estimate of drug-likeness (QED) is 0.857. The van der Waals surface area contributed by atoms with Gasteiger partial charge in [0.1, 0.15) is 0 Å². The lowest BCUT2D eigenvalue weighted by molar-refractivity contribution is 0.0698. The van der Waals surface area contributed by atoms with Crippen molar-refractivity contribution in [2.45, 2.75) is 6.92 Å². The molecule has 3 nitrogen and oxygen atoms in total. The van der Waals surface area contributed by atoms with Crippen LogP contribution in [0.1, 0.15) is 20.8 Å². The number of aromatic carboxylic acids is 1. The van der Waals surface area contributed by atoms with E-state index in [0.717, 1.165) is 14.9 Å². The van der Waals surface area contributed by atoms with Crippen LogP contribution in [-0.2, 0) is 0 Å². The van der Waals surface area contributed by atoms with Crippen molar-refractivity contribution in [3.63, 3.8) is 0 Å². The highest BCUT2D eigenvalue weighted by molar-refractivity contribution is 9.10. The second-order valence-corrected chi connectivity index (χ2v) is 5.56. The van der Waals surface area contributed by atoms with Crippen LogP contribution < -0.4 is 0 Å². The Hall–Kier alpha value is -1.46. The summed E-state index contributed by atoms with van der Waals surface area (Å²) in [6, 6.07) is 7.02. The standard InChI is InChI=1S/C13H10BrNO2S/c1-8-4-5-18-12(8)7-15-11-3-2-9(14)6-10(11)13(16)17/h2-7H,1H3,(H,16,17). The van der Waals surface area contributed by atoms with E-state index in [4.69, 9.17) is 5.11 Å². The summed E-state index contributed by atoms with van der Waals surface area (Å²) in [6.07, 6.45) is 1.70. The SMILES string of the molecule is Cc1ccsc1C=Nc1ccc(Br)cc1C(=O)O. The Morgan fingerprint density at radius 3 is 2.83 bits per heavy atom. The minimum absolute atomic E-state index is 0.190. The lowest BCUT2D eigenvalue weighted by Gasteiger charge is -2.01. The number of thiophene rings is 1. The van der Waals surface area contributed by atoms with Crippen molar-refractivity contribution in [1.29, 1.82) is 0 Å². The van der Waals surface area contributed by atoms with Gasteiger partial charge >= 0.3 is 5.97 Å². The van der Waals surface area contributed by atoms with Gasteiger partial charge in [0.05, 0.1) is 11.3 Å². The van der Waals surface area contributed by atoms with Gasteiger partial charge in [-0.2, -0.15) is 0 Å². The van der Waals surface area contributed by atoms with Crippen molar-refractivity contribution < 1.29 is 9.90 Å². The normalized spacial score (nSPS) is 11.0. The summed E-state index contributed by atoms with van der Waals surface area (Å²) in [4.78, 5) is 16.4. The number of carboxylic acid groups (broad SMARTS) is 1. The molecule has 0 spiro atoms. The van der Waals surface area contributed by atoms with Crippen LogP contribution in [0, 0.1) is 6.92 Å². The fourth-order valence-corrected chi connectivity index (χ4v) is 2.58. The van der Waals surface area contributed by atoms with Crippen molar-refractivity contribution in [1.82, 2.24) is 0 Å². The Morgan fingerprint density at radius 1 is 1.44 bits per heavy atom. The average Bonchev–Trinajstić information content (AvgIpc) is 2.73. The highest BCUT2D eigenvalue weighted by Crippen LogP contribution is 2.24. The van der Waals surface area contributed by atoms with E-state index in [1.54, 1.807) is 35.8 Å². The number of nitrogens with zero attached hydrogens (tertiary/aromatic N) is 1. The van der Waals surface area contributed by atoms with E-state index in [-0.39, 0.29) is 5.56 Å². The molecule has 0 bridgehead atoms. The van der Waals surface area contributed by atoms with Crippen molar-refractivity contribution in [3.05, 3.63) is 50.1 Å². The number of hydrogen-bond acceptors (Lipinski definition) is 3. The van der Waals surface area contributed by atoms with E-state index in [2.05, 4.69) is 20.9 Å². The molecule has 1 N–H and O–H groups in total. The van der Waals surface area contributed by atoms with Crippen molar-refractivity contribution in [2.75, 3.05) is 0 Å². The summed E-state index contributed by atoms with van der Waals surface area (Å²) in [5.41, 5.74) is 1.78. The second-order valence-electron chi connectivity index (χ2n) is 3.69. The van der Waals surface area contributed by atoms with Gasteiger partial charge in [0.15, 0.2) is 0 Å². The molecule has 0 amide bonds. The van der Waals surface area contributed by atoms with E-state index < -0.39 is 5.97 Å². The summed E-state index contributed by atoms with van der Waals surface area (Å²) >= 11 is 4.83. The third-order valence-electron chi connectivity index (χ3n) is 2.41. The molecule has 0 saturated heterocycles. The Bertz CT molecular complexity index is 619. The molecule has 0 unspecified atom stereocenters. The van der Waals surface area contributed by atoms with Crippen LogP contribution in [0.3, 0.4) is 0 Å². The maximum absolute atomic E-state index is 11.1. The van der Waals surface area contributed by atoms with E-state index in [1.165, 1.54) is 0 Å². The molecule has 92 valence electrons. The lowest BCUT2D eigenvalue weighted by atomic mass is 10.2. The lowest BCUT2D eigenvalue weighted by Crippen LogP contribution is -1.96. The number of carbonyl (C=O) groups is 1. The van der Waals surface area contributed by atoms with Crippen LogP contribution in [-0.4, -0.2) is 17.3 Å². The molecule has 0 aliphatic rings. The average molecular weight is 324 g/mol. The monoisotopic (exact) mass is 323 g/mol. The number of carboxylic acids is 1. The van der Waals surface area contributed by atoms with Crippen LogP contribution in [0.2, 0.25) is 0 Å². The topological polar surface area (TPSA) is 49.7 Å².